The highest BCUT2D eigenvalue weighted by Gasteiger charge is 2.16. The maximum Gasteiger partial charge on any atom is 0.253 e. The third kappa shape index (κ3) is 2.73. The van der Waals surface area contributed by atoms with E-state index in [0.717, 1.165) is 0 Å². The fourth-order valence-electron chi connectivity index (χ4n) is 0.960. The molecular weight excluding hydrogens is 223 g/mol. The number of anilines is 1. The van der Waals surface area contributed by atoms with Crippen molar-refractivity contribution < 1.29 is 22.7 Å². The minimum atomic E-state index is -1.31. The van der Waals surface area contributed by atoms with E-state index in [0.29, 0.717) is 12.1 Å². The summed E-state index contributed by atoms with van der Waals surface area (Å²) in [4.78, 5) is 11.3. The number of carbonyl (C=O) groups is 1. The van der Waals surface area contributed by atoms with Crippen molar-refractivity contribution in [3.05, 3.63) is 29.6 Å². The molecule has 1 unspecified atom stereocenters. The minimum absolute atomic E-state index is 0.364. The molecule has 0 saturated heterocycles. The van der Waals surface area contributed by atoms with Crippen molar-refractivity contribution in [3.8, 4) is 0 Å². The Morgan fingerprint density at radius 3 is 2.38 bits per heavy atom. The van der Waals surface area contributed by atoms with Gasteiger partial charge in [-0.25, -0.2) is 13.2 Å². The molecule has 3 nitrogen and oxygen atoms in total. The standard InChI is InChI=1S/C10H10F3NO2/c1-5(16-2)10(15)14-9-4-7(12)6(11)3-8(9)13/h3-5H,1-2H3,(H,14,15). The predicted molar refractivity (Wildman–Crippen MR) is 51.4 cm³/mol. The summed E-state index contributed by atoms with van der Waals surface area (Å²) in [6.07, 6.45) is -0.812. The van der Waals surface area contributed by atoms with E-state index in [4.69, 9.17) is 0 Å². The van der Waals surface area contributed by atoms with Crippen LogP contribution in [0.5, 0.6) is 0 Å². The third-order valence-corrected chi connectivity index (χ3v) is 1.99. The van der Waals surface area contributed by atoms with Gasteiger partial charge in [0, 0.05) is 19.2 Å². The van der Waals surface area contributed by atoms with Crippen LogP contribution in [-0.2, 0) is 9.53 Å². The van der Waals surface area contributed by atoms with Crippen LogP contribution in [0.2, 0.25) is 0 Å². The first kappa shape index (κ1) is 12.5. The first-order chi connectivity index (χ1) is 7.45. The molecule has 1 N–H and O–H groups in total. The number of amides is 1. The van der Waals surface area contributed by atoms with Crippen molar-refractivity contribution in [1.29, 1.82) is 0 Å². The first-order valence-electron chi connectivity index (χ1n) is 4.44. The number of carbonyl (C=O) groups excluding carboxylic acids is 1. The summed E-state index contributed by atoms with van der Waals surface area (Å²) < 4.78 is 43.1. The molecule has 1 aromatic rings. The Bertz CT molecular complexity index is 409. The fourth-order valence-corrected chi connectivity index (χ4v) is 0.960. The predicted octanol–water partition coefficient (Wildman–Crippen LogP) is 2.08. The molecule has 16 heavy (non-hydrogen) atoms. The zero-order valence-corrected chi connectivity index (χ0v) is 8.68. The van der Waals surface area contributed by atoms with Gasteiger partial charge in [0.1, 0.15) is 11.9 Å². The van der Waals surface area contributed by atoms with Gasteiger partial charge in [-0.2, -0.15) is 0 Å². The molecule has 1 amide bonds. The van der Waals surface area contributed by atoms with Gasteiger partial charge in [-0.3, -0.25) is 4.79 Å². The Morgan fingerprint density at radius 1 is 1.25 bits per heavy atom. The monoisotopic (exact) mass is 233 g/mol. The summed E-state index contributed by atoms with van der Waals surface area (Å²) >= 11 is 0. The van der Waals surface area contributed by atoms with Crippen LogP contribution in [0, 0.1) is 17.5 Å². The Hall–Kier alpha value is -1.56. The topological polar surface area (TPSA) is 38.3 Å². The molecule has 6 heteroatoms. The minimum Gasteiger partial charge on any atom is -0.372 e. The van der Waals surface area contributed by atoms with Crippen molar-refractivity contribution in [2.45, 2.75) is 13.0 Å². The highest BCUT2D eigenvalue weighted by Crippen LogP contribution is 2.18. The molecule has 0 aliphatic heterocycles. The average Bonchev–Trinajstić information content (AvgIpc) is 2.24. The number of rotatable bonds is 3. The number of halogens is 3. The third-order valence-electron chi connectivity index (χ3n) is 1.99. The Balaban J connectivity index is 2.90. The first-order valence-corrected chi connectivity index (χ1v) is 4.44. The molecule has 0 aliphatic rings. The highest BCUT2D eigenvalue weighted by atomic mass is 19.2. The van der Waals surface area contributed by atoms with E-state index in [1.165, 1.54) is 14.0 Å². The van der Waals surface area contributed by atoms with Crippen LogP contribution in [0.3, 0.4) is 0 Å². The smallest absolute Gasteiger partial charge is 0.253 e. The van der Waals surface area contributed by atoms with E-state index in [-0.39, 0.29) is 0 Å². The molecule has 0 fully saturated rings. The lowest BCUT2D eigenvalue weighted by Crippen LogP contribution is -2.27. The SMILES string of the molecule is COC(C)C(=O)Nc1cc(F)c(F)cc1F. The molecule has 0 spiro atoms. The summed E-state index contributed by atoms with van der Waals surface area (Å²) in [7, 11) is 1.30. The van der Waals surface area contributed by atoms with Crippen LogP contribution in [0.15, 0.2) is 12.1 Å². The maximum atomic E-state index is 13.1. The molecule has 1 atom stereocenters. The number of nitrogens with one attached hydrogen (secondary N) is 1. The van der Waals surface area contributed by atoms with E-state index >= 15 is 0 Å². The maximum absolute atomic E-state index is 13.1. The normalized spacial score (nSPS) is 12.3. The van der Waals surface area contributed by atoms with Gasteiger partial charge in [-0.15, -0.1) is 0 Å². The van der Waals surface area contributed by atoms with Crippen LogP contribution < -0.4 is 5.32 Å². The zero-order valence-electron chi connectivity index (χ0n) is 8.68. The molecular formula is C10H10F3NO2. The molecule has 0 radical (unpaired) electrons. The molecule has 0 aliphatic carbocycles. The van der Waals surface area contributed by atoms with E-state index in [1.54, 1.807) is 0 Å². The zero-order chi connectivity index (χ0) is 12.3. The van der Waals surface area contributed by atoms with Crippen LogP contribution >= 0.6 is 0 Å². The van der Waals surface area contributed by atoms with Crippen LogP contribution in [0.25, 0.3) is 0 Å². The van der Waals surface area contributed by atoms with Crippen molar-refractivity contribution in [2.24, 2.45) is 0 Å². The van der Waals surface area contributed by atoms with Gasteiger partial charge in [0.05, 0.1) is 5.69 Å². The molecule has 1 aromatic carbocycles. The van der Waals surface area contributed by atoms with Crippen LogP contribution in [0.4, 0.5) is 18.9 Å². The largest absolute Gasteiger partial charge is 0.372 e. The number of hydrogen-bond donors (Lipinski definition) is 1. The number of methoxy groups -OCH3 is 1. The number of benzene rings is 1. The van der Waals surface area contributed by atoms with E-state index < -0.39 is 35.2 Å². The van der Waals surface area contributed by atoms with Crippen molar-refractivity contribution >= 4 is 11.6 Å². The van der Waals surface area contributed by atoms with Crippen molar-refractivity contribution in [1.82, 2.24) is 0 Å². The summed E-state index contributed by atoms with van der Waals surface area (Å²) in [6.45, 7) is 1.44. The number of hydrogen-bond acceptors (Lipinski definition) is 2. The van der Waals surface area contributed by atoms with Crippen LogP contribution in [0.1, 0.15) is 6.92 Å². The van der Waals surface area contributed by atoms with E-state index in [2.05, 4.69) is 10.1 Å². The van der Waals surface area contributed by atoms with Gasteiger partial charge < -0.3 is 10.1 Å². The van der Waals surface area contributed by atoms with Gasteiger partial charge in [0.25, 0.3) is 5.91 Å². The lowest BCUT2D eigenvalue weighted by molar-refractivity contribution is -0.124. The van der Waals surface area contributed by atoms with Crippen LogP contribution in [-0.4, -0.2) is 19.1 Å². The molecule has 88 valence electrons. The quantitative estimate of drug-likeness (QED) is 0.812. The van der Waals surface area contributed by atoms with Gasteiger partial charge in [0.15, 0.2) is 11.6 Å². The molecule has 0 aromatic heterocycles. The van der Waals surface area contributed by atoms with Crippen molar-refractivity contribution in [2.75, 3.05) is 12.4 Å². The lowest BCUT2D eigenvalue weighted by Gasteiger charge is -2.11. The molecule has 0 bridgehead atoms. The lowest BCUT2D eigenvalue weighted by atomic mass is 10.2. The molecule has 0 saturated carbocycles. The van der Waals surface area contributed by atoms with Gasteiger partial charge in [-0.1, -0.05) is 0 Å². The second-order valence-corrected chi connectivity index (χ2v) is 3.11. The average molecular weight is 233 g/mol. The van der Waals surface area contributed by atoms with E-state index in [9.17, 15) is 18.0 Å². The second kappa shape index (κ2) is 4.98. The summed E-state index contributed by atoms with van der Waals surface area (Å²) in [5.41, 5.74) is -0.423. The highest BCUT2D eigenvalue weighted by molar-refractivity contribution is 5.93. The molecule has 1 rings (SSSR count). The number of ether oxygens (including phenoxy) is 1. The molecule has 0 heterocycles. The van der Waals surface area contributed by atoms with Gasteiger partial charge in [-0.05, 0) is 6.92 Å². The van der Waals surface area contributed by atoms with Crippen molar-refractivity contribution in [3.63, 3.8) is 0 Å². The van der Waals surface area contributed by atoms with E-state index in [1.807, 2.05) is 0 Å². The Kier molecular flexibility index (Phi) is 3.89. The van der Waals surface area contributed by atoms with Gasteiger partial charge >= 0.3 is 0 Å². The second-order valence-electron chi connectivity index (χ2n) is 3.11. The van der Waals surface area contributed by atoms with Gasteiger partial charge in [0.2, 0.25) is 0 Å². The fraction of sp³-hybridized carbons (Fsp3) is 0.300. The summed E-state index contributed by atoms with van der Waals surface area (Å²) in [5, 5.41) is 2.08. The summed E-state index contributed by atoms with van der Waals surface area (Å²) in [6, 6.07) is 0.938. The Morgan fingerprint density at radius 2 is 1.81 bits per heavy atom. The summed E-state index contributed by atoms with van der Waals surface area (Å²) in [5.74, 6) is -4.24. The Labute approximate surface area is 90.2 Å².